The summed E-state index contributed by atoms with van der Waals surface area (Å²) >= 11 is 0. The Morgan fingerprint density at radius 1 is 1.15 bits per heavy atom. The molecule has 2 atom stereocenters. The van der Waals surface area contributed by atoms with E-state index in [0.29, 0.717) is 30.3 Å². The standard InChI is InChI=1S/C19H31N5O3/c1-27-15-8-6-12(7-9-15)23-19-21-11-16(17(20)26)18(24-19)22-13-4-2-3-5-14(25)10-13/h11-15,25H,2-10H2,1H3,(H2,20,26)(H2,21,22,23,24)/t12?,13-,14-,15?/m1/s1. The molecule has 3 rings (SSSR count). The van der Waals surface area contributed by atoms with Crippen molar-refractivity contribution >= 4 is 17.7 Å². The van der Waals surface area contributed by atoms with Gasteiger partial charge in [0.25, 0.3) is 5.91 Å². The maximum absolute atomic E-state index is 11.8. The van der Waals surface area contributed by atoms with Crippen LogP contribution >= 0.6 is 0 Å². The Morgan fingerprint density at radius 3 is 2.59 bits per heavy atom. The minimum Gasteiger partial charge on any atom is -0.393 e. The predicted octanol–water partition coefficient (Wildman–Crippen LogP) is 2.05. The quantitative estimate of drug-likeness (QED) is 0.560. The molecule has 2 aliphatic carbocycles. The molecular formula is C19H31N5O3. The fraction of sp³-hybridized carbons (Fsp3) is 0.737. The Kier molecular flexibility index (Phi) is 6.84. The summed E-state index contributed by atoms with van der Waals surface area (Å²) in [5.41, 5.74) is 5.78. The molecule has 8 heteroatoms. The summed E-state index contributed by atoms with van der Waals surface area (Å²) in [7, 11) is 1.76. The Labute approximate surface area is 160 Å². The SMILES string of the molecule is COC1CCC(Nc2ncc(C(N)=O)c(N[C@@H]3CCCC[C@@H](O)C3)n2)CC1. The summed E-state index contributed by atoms with van der Waals surface area (Å²) in [6.07, 6.45) is 9.97. The first-order valence-electron chi connectivity index (χ1n) is 9.96. The number of rotatable bonds is 6. The number of carbonyl (C=O) groups excluding carboxylic acids is 1. The second-order valence-electron chi connectivity index (χ2n) is 7.69. The molecule has 1 heterocycles. The van der Waals surface area contributed by atoms with Gasteiger partial charge in [-0.3, -0.25) is 4.79 Å². The number of methoxy groups -OCH3 is 1. The van der Waals surface area contributed by atoms with Gasteiger partial charge in [-0.1, -0.05) is 12.8 Å². The van der Waals surface area contributed by atoms with E-state index < -0.39 is 5.91 Å². The third-order valence-electron chi connectivity index (χ3n) is 5.63. The van der Waals surface area contributed by atoms with Crippen LogP contribution in [0.2, 0.25) is 0 Å². The van der Waals surface area contributed by atoms with E-state index in [1.807, 2.05) is 0 Å². The number of hydrogen-bond donors (Lipinski definition) is 4. The Balaban J connectivity index is 1.69. The molecule has 0 unspecified atom stereocenters. The van der Waals surface area contributed by atoms with Crippen molar-refractivity contribution in [1.29, 1.82) is 0 Å². The predicted molar refractivity (Wildman–Crippen MR) is 104 cm³/mol. The van der Waals surface area contributed by atoms with Gasteiger partial charge in [-0.25, -0.2) is 4.98 Å². The Hall–Kier alpha value is -1.93. The van der Waals surface area contributed by atoms with Crippen LogP contribution < -0.4 is 16.4 Å². The third kappa shape index (κ3) is 5.52. The third-order valence-corrected chi connectivity index (χ3v) is 5.63. The van der Waals surface area contributed by atoms with E-state index in [1.165, 1.54) is 6.20 Å². The fourth-order valence-electron chi connectivity index (χ4n) is 4.03. The van der Waals surface area contributed by atoms with Crippen molar-refractivity contribution in [1.82, 2.24) is 9.97 Å². The molecule has 2 saturated carbocycles. The highest BCUT2D eigenvalue weighted by Crippen LogP contribution is 2.25. The lowest BCUT2D eigenvalue weighted by Gasteiger charge is -2.28. The van der Waals surface area contributed by atoms with E-state index in [1.54, 1.807) is 7.11 Å². The molecule has 0 spiro atoms. The lowest BCUT2D eigenvalue weighted by Crippen LogP contribution is -2.30. The molecule has 2 aliphatic rings. The molecule has 0 saturated heterocycles. The van der Waals surface area contributed by atoms with E-state index in [2.05, 4.69) is 20.6 Å². The maximum atomic E-state index is 11.8. The molecular weight excluding hydrogens is 346 g/mol. The number of hydrogen-bond acceptors (Lipinski definition) is 7. The topological polar surface area (TPSA) is 122 Å². The van der Waals surface area contributed by atoms with Crippen LogP contribution in [0.4, 0.5) is 11.8 Å². The summed E-state index contributed by atoms with van der Waals surface area (Å²) in [5.74, 6) is 0.390. The summed E-state index contributed by atoms with van der Waals surface area (Å²) in [4.78, 5) is 20.6. The largest absolute Gasteiger partial charge is 0.393 e. The molecule has 2 fully saturated rings. The van der Waals surface area contributed by atoms with Crippen molar-refractivity contribution in [2.75, 3.05) is 17.7 Å². The number of aromatic nitrogens is 2. The molecule has 1 aromatic rings. The molecule has 0 bridgehead atoms. The average molecular weight is 377 g/mol. The van der Waals surface area contributed by atoms with Crippen LogP contribution in [0.1, 0.15) is 68.1 Å². The number of primary amides is 1. The van der Waals surface area contributed by atoms with Crippen molar-refractivity contribution in [3.63, 3.8) is 0 Å². The van der Waals surface area contributed by atoms with Crippen molar-refractivity contribution in [3.05, 3.63) is 11.8 Å². The lowest BCUT2D eigenvalue weighted by molar-refractivity contribution is 0.0681. The number of carbonyl (C=O) groups is 1. The Morgan fingerprint density at radius 2 is 1.89 bits per heavy atom. The van der Waals surface area contributed by atoms with Gasteiger partial charge in [0.2, 0.25) is 5.95 Å². The average Bonchev–Trinajstić information content (AvgIpc) is 2.86. The minimum atomic E-state index is -0.557. The van der Waals surface area contributed by atoms with Crippen LogP contribution in [-0.2, 0) is 4.74 Å². The highest BCUT2D eigenvalue weighted by atomic mass is 16.5. The highest BCUT2D eigenvalue weighted by Gasteiger charge is 2.24. The van der Waals surface area contributed by atoms with Crippen molar-refractivity contribution in [2.45, 2.75) is 82.1 Å². The van der Waals surface area contributed by atoms with Crippen LogP contribution in [0.3, 0.4) is 0 Å². The highest BCUT2D eigenvalue weighted by molar-refractivity contribution is 5.97. The molecule has 8 nitrogen and oxygen atoms in total. The number of nitrogens with one attached hydrogen (secondary N) is 2. The number of ether oxygens (including phenoxy) is 1. The lowest BCUT2D eigenvalue weighted by atomic mass is 9.93. The van der Waals surface area contributed by atoms with Gasteiger partial charge in [0.1, 0.15) is 5.82 Å². The van der Waals surface area contributed by atoms with Crippen LogP contribution in [0, 0.1) is 0 Å². The summed E-state index contributed by atoms with van der Waals surface area (Å²) < 4.78 is 5.41. The summed E-state index contributed by atoms with van der Waals surface area (Å²) in [6.45, 7) is 0. The van der Waals surface area contributed by atoms with Crippen molar-refractivity contribution in [2.24, 2.45) is 5.73 Å². The van der Waals surface area contributed by atoms with E-state index >= 15 is 0 Å². The zero-order chi connectivity index (χ0) is 19.2. The number of nitrogens with zero attached hydrogens (tertiary/aromatic N) is 2. The van der Waals surface area contributed by atoms with Gasteiger partial charge in [-0.15, -0.1) is 0 Å². The van der Waals surface area contributed by atoms with E-state index in [-0.39, 0.29) is 17.7 Å². The second-order valence-corrected chi connectivity index (χ2v) is 7.69. The maximum Gasteiger partial charge on any atom is 0.254 e. The van der Waals surface area contributed by atoms with E-state index in [9.17, 15) is 9.90 Å². The Bertz CT molecular complexity index is 634. The van der Waals surface area contributed by atoms with Gasteiger partial charge >= 0.3 is 0 Å². The number of anilines is 2. The first-order valence-corrected chi connectivity index (χ1v) is 9.96. The zero-order valence-corrected chi connectivity index (χ0v) is 16.0. The monoisotopic (exact) mass is 377 g/mol. The normalized spacial score (nSPS) is 29.0. The van der Waals surface area contributed by atoms with Crippen LogP contribution in [0.25, 0.3) is 0 Å². The number of aliphatic hydroxyl groups is 1. The number of aliphatic hydroxyl groups excluding tert-OH is 1. The molecule has 0 radical (unpaired) electrons. The van der Waals surface area contributed by atoms with Gasteiger partial charge in [-0.05, 0) is 44.9 Å². The number of nitrogens with two attached hydrogens (primary N) is 1. The first kappa shape index (κ1) is 19.8. The molecule has 5 N–H and O–H groups in total. The zero-order valence-electron chi connectivity index (χ0n) is 16.0. The van der Waals surface area contributed by atoms with Gasteiger partial charge in [-0.2, -0.15) is 4.98 Å². The van der Waals surface area contributed by atoms with Crippen LogP contribution in [-0.4, -0.2) is 52.4 Å². The molecule has 0 aromatic carbocycles. The smallest absolute Gasteiger partial charge is 0.254 e. The first-order chi connectivity index (χ1) is 13.0. The summed E-state index contributed by atoms with van der Waals surface area (Å²) in [5, 5.41) is 16.7. The molecule has 1 amide bonds. The number of amides is 1. The fourth-order valence-corrected chi connectivity index (χ4v) is 4.03. The minimum absolute atomic E-state index is 0.0699. The van der Waals surface area contributed by atoms with Gasteiger partial charge in [0.15, 0.2) is 0 Å². The van der Waals surface area contributed by atoms with Gasteiger partial charge in [0.05, 0.1) is 17.8 Å². The van der Waals surface area contributed by atoms with Crippen LogP contribution in [0.5, 0.6) is 0 Å². The van der Waals surface area contributed by atoms with Gasteiger partial charge in [0, 0.05) is 25.4 Å². The van der Waals surface area contributed by atoms with E-state index in [0.717, 1.165) is 51.4 Å². The molecule has 0 aliphatic heterocycles. The summed E-state index contributed by atoms with van der Waals surface area (Å²) in [6, 6.07) is 0.365. The van der Waals surface area contributed by atoms with Gasteiger partial charge < -0.3 is 26.2 Å². The molecule has 150 valence electrons. The van der Waals surface area contributed by atoms with E-state index in [4.69, 9.17) is 10.5 Å². The molecule has 1 aromatic heterocycles. The van der Waals surface area contributed by atoms with Crippen molar-refractivity contribution in [3.8, 4) is 0 Å². The van der Waals surface area contributed by atoms with Crippen molar-refractivity contribution < 1.29 is 14.6 Å². The second kappa shape index (κ2) is 9.32. The molecule has 27 heavy (non-hydrogen) atoms. The van der Waals surface area contributed by atoms with Crippen LogP contribution in [0.15, 0.2) is 6.20 Å².